The summed E-state index contributed by atoms with van der Waals surface area (Å²) in [7, 11) is -3.60. The molecule has 0 spiro atoms. The van der Waals surface area contributed by atoms with E-state index in [-0.39, 0.29) is 76.0 Å². The number of aromatic nitrogens is 1. The maximum Gasteiger partial charge on any atom is 0.433 e. The van der Waals surface area contributed by atoms with E-state index in [1.54, 1.807) is 4.90 Å². The summed E-state index contributed by atoms with van der Waals surface area (Å²) in [5, 5.41) is 3.42. The number of alkyl halides is 3. The highest BCUT2D eigenvalue weighted by Gasteiger charge is 2.45. The fourth-order valence-electron chi connectivity index (χ4n) is 5.89. The minimum absolute atomic E-state index is 0.00734. The maximum atomic E-state index is 14.1. The molecular weight excluding hydrogens is 647 g/mol. The van der Waals surface area contributed by atoms with Gasteiger partial charge < -0.3 is 15.1 Å². The van der Waals surface area contributed by atoms with Gasteiger partial charge in [0.1, 0.15) is 5.69 Å². The summed E-state index contributed by atoms with van der Waals surface area (Å²) in [5.74, 6) is -1.61. The number of hydrogen-bond acceptors (Lipinski definition) is 6. The van der Waals surface area contributed by atoms with Gasteiger partial charge in [-0.3, -0.25) is 19.1 Å². The van der Waals surface area contributed by atoms with Gasteiger partial charge in [-0.1, -0.05) is 17.7 Å². The van der Waals surface area contributed by atoms with Crippen molar-refractivity contribution in [3.8, 4) is 0 Å². The summed E-state index contributed by atoms with van der Waals surface area (Å²) >= 11 is 6.27. The van der Waals surface area contributed by atoms with Crippen molar-refractivity contribution in [2.75, 3.05) is 29.0 Å². The average molecular weight is 678 g/mol. The van der Waals surface area contributed by atoms with E-state index in [0.29, 0.717) is 25.7 Å². The molecular formula is C31H31ClF3N5O5S. The third kappa shape index (κ3) is 7.22. The van der Waals surface area contributed by atoms with Crippen molar-refractivity contribution in [3.63, 3.8) is 0 Å². The Balaban J connectivity index is 1.38. The first-order valence-electron chi connectivity index (χ1n) is 14.8. The van der Waals surface area contributed by atoms with Gasteiger partial charge in [-0.15, -0.1) is 0 Å². The Bertz CT molecular complexity index is 1830. The molecule has 1 aliphatic heterocycles. The molecule has 3 fully saturated rings. The number of carbonyl (C=O) groups excluding carboxylic acids is 3. The topological polar surface area (TPSA) is 129 Å². The van der Waals surface area contributed by atoms with Crippen LogP contribution in [0.15, 0.2) is 48.5 Å². The highest BCUT2D eigenvalue weighted by molar-refractivity contribution is 7.92. The quantitative estimate of drug-likeness (QED) is 0.352. The molecule has 2 aromatic carbocycles. The minimum atomic E-state index is -4.80. The summed E-state index contributed by atoms with van der Waals surface area (Å²) in [6.07, 6.45) is -1.07. The molecule has 15 heteroatoms. The molecule has 0 bridgehead atoms. The van der Waals surface area contributed by atoms with Gasteiger partial charge in [0.05, 0.1) is 23.5 Å². The Kier molecular flexibility index (Phi) is 8.38. The Hall–Kier alpha value is -3.91. The molecule has 1 saturated heterocycles. The SMILES string of the molecule is CS(=O)(=O)Nc1cccc(C(=O)N[C@H]2CC(N(C(=O)C3CC3)c3cc(C(F)(F)F)nc4ccc(Cl)cc34)CN(C(=O)C3CC3)C2)c1. The molecule has 3 aliphatic rings. The number of rotatable bonds is 8. The first-order valence-corrected chi connectivity index (χ1v) is 17.1. The number of hydrogen-bond donors (Lipinski definition) is 2. The highest BCUT2D eigenvalue weighted by atomic mass is 35.5. The van der Waals surface area contributed by atoms with Crippen LogP contribution in [-0.2, 0) is 25.8 Å². The van der Waals surface area contributed by atoms with E-state index in [9.17, 15) is 36.0 Å². The van der Waals surface area contributed by atoms with E-state index in [0.717, 1.165) is 12.3 Å². The summed E-state index contributed by atoms with van der Waals surface area (Å²) in [5.41, 5.74) is -0.817. The number of anilines is 2. The Morgan fingerprint density at radius 1 is 1.00 bits per heavy atom. The van der Waals surface area contributed by atoms with Gasteiger partial charge in [-0.05, 0) is 74.6 Å². The highest BCUT2D eigenvalue weighted by Crippen LogP contribution is 2.41. The van der Waals surface area contributed by atoms with E-state index in [4.69, 9.17) is 11.6 Å². The van der Waals surface area contributed by atoms with Crippen LogP contribution in [0.4, 0.5) is 24.5 Å². The zero-order valence-corrected chi connectivity index (χ0v) is 26.3. The molecule has 1 aromatic heterocycles. The van der Waals surface area contributed by atoms with E-state index < -0.39 is 39.9 Å². The number of likely N-dealkylation sites (tertiary alicyclic amines) is 1. The van der Waals surface area contributed by atoms with Crippen molar-refractivity contribution in [1.82, 2.24) is 15.2 Å². The number of nitrogens with zero attached hydrogens (tertiary/aromatic N) is 3. The number of halogens is 4. The van der Waals surface area contributed by atoms with Crippen molar-refractivity contribution in [2.45, 2.75) is 50.4 Å². The van der Waals surface area contributed by atoms with Crippen LogP contribution in [0.25, 0.3) is 10.9 Å². The standard InChI is InChI=1S/C31H31ClF3N5O5S/c1-46(44,45)38-21-4-2-3-19(11-21)28(41)36-22-13-23(16-39(15-22)29(42)17-5-6-17)40(30(43)18-7-8-18)26-14-27(31(33,34)35)37-25-10-9-20(32)12-24(25)26/h2-4,9-12,14,17-18,22-23,38H,5-8,13,15-16H2,1H3,(H,36,41)/t22-,23?/m0/s1. The van der Waals surface area contributed by atoms with E-state index in [1.807, 2.05) is 0 Å². The number of piperidine rings is 1. The van der Waals surface area contributed by atoms with Crippen molar-refractivity contribution >= 4 is 61.6 Å². The lowest BCUT2D eigenvalue weighted by atomic mass is 9.96. The minimum Gasteiger partial charge on any atom is -0.347 e. The van der Waals surface area contributed by atoms with Gasteiger partial charge in [0.2, 0.25) is 21.8 Å². The monoisotopic (exact) mass is 677 g/mol. The Morgan fingerprint density at radius 2 is 1.72 bits per heavy atom. The molecule has 10 nitrogen and oxygen atoms in total. The predicted molar refractivity (Wildman–Crippen MR) is 166 cm³/mol. The number of nitrogens with one attached hydrogen (secondary N) is 2. The van der Waals surface area contributed by atoms with Crippen LogP contribution in [0, 0.1) is 11.8 Å². The van der Waals surface area contributed by atoms with Gasteiger partial charge >= 0.3 is 6.18 Å². The van der Waals surface area contributed by atoms with E-state index >= 15 is 0 Å². The molecule has 3 aromatic rings. The first kappa shape index (κ1) is 32.0. The van der Waals surface area contributed by atoms with Gasteiger partial charge in [0.25, 0.3) is 5.91 Å². The lowest BCUT2D eigenvalue weighted by molar-refractivity contribution is -0.141. The van der Waals surface area contributed by atoms with Crippen molar-refractivity contribution in [1.29, 1.82) is 0 Å². The van der Waals surface area contributed by atoms with Crippen LogP contribution in [0.1, 0.15) is 48.2 Å². The van der Waals surface area contributed by atoms with Crippen molar-refractivity contribution in [3.05, 3.63) is 64.8 Å². The van der Waals surface area contributed by atoms with Crippen LogP contribution in [0.3, 0.4) is 0 Å². The van der Waals surface area contributed by atoms with E-state index in [1.165, 1.54) is 47.4 Å². The fourth-order valence-corrected chi connectivity index (χ4v) is 6.61. The molecule has 2 N–H and O–H groups in total. The second-order valence-corrected chi connectivity index (χ2v) is 14.4. The average Bonchev–Trinajstić information content (AvgIpc) is 3.89. The first-order chi connectivity index (χ1) is 21.7. The second kappa shape index (κ2) is 12.0. The lowest BCUT2D eigenvalue weighted by Gasteiger charge is -2.43. The summed E-state index contributed by atoms with van der Waals surface area (Å²) < 4.78 is 68.0. The van der Waals surface area contributed by atoms with Crippen LogP contribution in [0.5, 0.6) is 0 Å². The number of benzene rings is 2. The van der Waals surface area contributed by atoms with Crippen LogP contribution in [-0.4, -0.2) is 67.5 Å². The Morgan fingerprint density at radius 3 is 2.37 bits per heavy atom. The van der Waals surface area contributed by atoms with Gasteiger partial charge in [-0.2, -0.15) is 13.2 Å². The number of pyridine rings is 1. The normalized spacial score (nSPS) is 20.3. The van der Waals surface area contributed by atoms with Crippen molar-refractivity contribution < 1.29 is 36.0 Å². The molecule has 244 valence electrons. The molecule has 1 unspecified atom stereocenters. The zero-order valence-electron chi connectivity index (χ0n) is 24.7. The molecule has 0 radical (unpaired) electrons. The zero-order chi connectivity index (χ0) is 33.0. The third-order valence-corrected chi connectivity index (χ3v) is 9.10. The van der Waals surface area contributed by atoms with Crippen LogP contribution in [0.2, 0.25) is 5.02 Å². The molecule has 46 heavy (non-hydrogen) atoms. The van der Waals surface area contributed by atoms with Crippen LogP contribution < -0.4 is 14.9 Å². The van der Waals surface area contributed by atoms with Gasteiger partial charge in [-0.25, -0.2) is 13.4 Å². The number of amides is 3. The fraction of sp³-hybridized carbons (Fsp3) is 0.419. The number of carbonyl (C=O) groups is 3. The third-order valence-electron chi connectivity index (χ3n) is 8.26. The summed E-state index contributed by atoms with van der Waals surface area (Å²) in [6.45, 7) is 0.209. The van der Waals surface area contributed by atoms with Crippen molar-refractivity contribution in [2.24, 2.45) is 11.8 Å². The Labute approximate surface area is 268 Å². The summed E-state index contributed by atoms with van der Waals surface area (Å²) in [6, 6.07) is 9.56. The molecule has 3 amide bonds. The van der Waals surface area contributed by atoms with E-state index in [2.05, 4.69) is 15.0 Å². The second-order valence-electron chi connectivity index (χ2n) is 12.2. The number of sulfonamides is 1. The van der Waals surface area contributed by atoms with Gasteiger partial charge in [0, 0.05) is 52.6 Å². The lowest BCUT2D eigenvalue weighted by Crippen LogP contribution is -2.60. The number of fused-ring (bicyclic) bond motifs is 1. The maximum absolute atomic E-state index is 14.1. The molecule has 2 atom stereocenters. The molecule has 2 saturated carbocycles. The van der Waals surface area contributed by atoms with Gasteiger partial charge in [0.15, 0.2) is 0 Å². The molecule has 2 aliphatic carbocycles. The smallest absolute Gasteiger partial charge is 0.347 e. The molecule has 2 heterocycles. The molecule has 6 rings (SSSR count). The summed E-state index contributed by atoms with van der Waals surface area (Å²) in [4.78, 5) is 47.5. The largest absolute Gasteiger partial charge is 0.433 e. The predicted octanol–water partition coefficient (Wildman–Crippen LogP) is 4.83. The van der Waals surface area contributed by atoms with Crippen LogP contribution >= 0.6 is 11.6 Å².